The molecule has 0 radical (unpaired) electrons. The van der Waals surface area contributed by atoms with Gasteiger partial charge in [-0.3, -0.25) is 5.43 Å². The molecule has 1 fully saturated rings. The Bertz CT molecular complexity index is 337. The highest BCUT2D eigenvalue weighted by molar-refractivity contribution is 5.48. The first-order valence-electron chi connectivity index (χ1n) is 4.94. The lowest BCUT2D eigenvalue weighted by atomic mass is 10.3. The minimum Gasteiger partial charge on any atom is -0.378 e. The number of anilines is 2. The SMILES string of the molecule is Cc1cnc(NN)nc1N1CCOCC1. The maximum absolute atomic E-state index is 5.29. The van der Waals surface area contributed by atoms with Crippen LogP contribution >= 0.6 is 0 Å². The number of nitrogens with one attached hydrogen (secondary N) is 1. The van der Waals surface area contributed by atoms with Crippen molar-refractivity contribution in [1.82, 2.24) is 9.97 Å². The van der Waals surface area contributed by atoms with E-state index in [1.54, 1.807) is 6.20 Å². The van der Waals surface area contributed by atoms with Crippen LogP contribution in [0.4, 0.5) is 11.8 Å². The number of hydrogen-bond donors (Lipinski definition) is 2. The van der Waals surface area contributed by atoms with Crippen LogP contribution in [0, 0.1) is 6.92 Å². The molecule has 0 atom stereocenters. The van der Waals surface area contributed by atoms with E-state index in [2.05, 4.69) is 20.3 Å². The van der Waals surface area contributed by atoms with Gasteiger partial charge in [0.05, 0.1) is 13.2 Å². The van der Waals surface area contributed by atoms with Crippen molar-refractivity contribution in [3.63, 3.8) is 0 Å². The standard InChI is InChI=1S/C9H15N5O/c1-7-6-11-9(13-10)12-8(7)14-2-4-15-5-3-14/h6H,2-5,10H2,1H3,(H,11,12,13). The molecule has 0 aromatic carbocycles. The summed E-state index contributed by atoms with van der Waals surface area (Å²) in [5, 5.41) is 0. The summed E-state index contributed by atoms with van der Waals surface area (Å²) >= 11 is 0. The van der Waals surface area contributed by atoms with Gasteiger partial charge in [-0.05, 0) is 6.92 Å². The zero-order valence-electron chi connectivity index (χ0n) is 8.73. The molecular weight excluding hydrogens is 194 g/mol. The molecule has 0 aliphatic carbocycles. The first-order valence-corrected chi connectivity index (χ1v) is 4.94. The molecule has 1 aromatic heterocycles. The first kappa shape index (κ1) is 10.1. The summed E-state index contributed by atoms with van der Waals surface area (Å²) in [5.41, 5.74) is 3.51. The zero-order chi connectivity index (χ0) is 10.7. The van der Waals surface area contributed by atoms with Crippen LogP contribution in [-0.2, 0) is 4.74 Å². The van der Waals surface area contributed by atoms with E-state index in [1.807, 2.05) is 6.92 Å². The van der Waals surface area contributed by atoms with Crippen LogP contribution in [-0.4, -0.2) is 36.3 Å². The minimum atomic E-state index is 0.446. The normalized spacial score (nSPS) is 16.5. The molecule has 2 heterocycles. The molecule has 1 aromatic rings. The molecule has 1 aliphatic heterocycles. The lowest BCUT2D eigenvalue weighted by Crippen LogP contribution is -2.37. The molecule has 0 saturated carbocycles. The Morgan fingerprint density at radius 3 is 2.87 bits per heavy atom. The predicted octanol–water partition coefficient (Wildman–Crippen LogP) is -0.0928. The number of nitrogens with zero attached hydrogens (tertiary/aromatic N) is 3. The van der Waals surface area contributed by atoms with Crippen LogP contribution < -0.4 is 16.2 Å². The molecule has 0 bridgehead atoms. The lowest BCUT2D eigenvalue weighted by Gasteiger charge is -2.28. The van der Waals surface area contributed by atoms with Crippen molar-refractivity contribution in [3.8, 4) is 0 Å². The van der Waals surface area contributed by atoms with Gasteiger partial charge < -0.3 is 9.64 Å². The van der Waals surface area contributed by atoms with Gasteiger partial charge in [-0.2, -0.15) is 4.98 Å². The van der Waals surface area contributed by atoms with E-state index < -0.39 is 0 Å². The van der Waals surface area contributed by atoms with Crippen LogP contribution in [0.5, 0.6) is 0 Å². The molecule has 6 nitrogen and oxygen atoms in total. The Balaban J connectivity index is 2.24. The molecule has 2 rings (SSSR count). The molecule has 15 heavy (non-hydrogen) atoms. The molecule has 1 saturated heterocycles. The predicted molar refractivity (Wildman–Crippen MR) is 57.6 cm³/mol. The largest absolute Gasteiger partial charge is 0.378 e. The Hall–Kier alpha value is -1.40. The average Bonchev–Trinajstić information content (AvgIpc) is 2.31. The van der Waals surface area contributed by atoms with Crippen LogP contribution in [0.3, 0.4) is 0 Å². The molecule has 0 amide bonds. The van der Waals surface area contributed by atoms with Crippen LogP contribution in [0.1, 0.15) is 5.56 Å². The topological polar surface area (TPSA) is 76.3 Å². The Morgan fingerprint density at radius 2 is 2.20 bits per heavy atom. The third-order valence-electron chi connectivity index (χ3n) is 2.38. The summed E-state index contributed by atoms with van der Waals surface area (Å²) in [4.78, 5) is 10.6. The van der Waals surface area contributed by atoms with E-state index >= 15 is 0 Å². The summed E-state index contributed by atoms with van der Waals surface area (Å²) < 4.78 is 5.29. The van der Waals surface area contributed by atoms with E-state index in [4.69, 9.17) is 10.6 Å². The van der Waals surface area contributed by atoms with Gasteiger partial charge in [-0.1, -0.05) is 0 Å². The van der Waals surface area contributed by atoms with Gasteiger partial charge in [-0.25, -0.2) is 10.8 Å². The summed E-state index contributed by atoms with van der Waals surface area (Å²) in [5.74, 6) is 6.66. The maximum atomic E-state index is 5.29. The molecule has 82 valence electrons. The van der Waals surface area contributed by atoms with E-state index in [1.165, 1.54) is 0 Å². The third kappa shape index (κ3) is 2.16. The minimum absolute atomic E-state index is 0.446. The van der Waals surface area contributed by atoms with Crippen molar-refractivity contribution < 1.29 is 4.74 Å². The van der Waals surface area contributed by atoms with Crippen LogP contribution in [0.25, 0.3) is 0 Å². The second-order valence-corrected chi connectivity index (χ2v) is 3.44. The van der Waals surface area contributed by atoms with Crippen molar-refractivity contribution in [2.75, 3.05) is 36.6 Å². The fraction of sp³-hybridized carbons (Fsp3) is 0.556. The summed E-state index contributed by atoms with van der Waals surface area (Å²) in [7, 11) is 0. The van der Waals surface area contributed by atoms with E-state index in [-0.39, 0.29) is 0 Å². The fourth-order valence-electron chi connectivity index (χ4n) is 1.60. The highest BCUT2D eigenvalue weighted by Crippen LogP contribution is 2.18. The van der Waals surface area contributed by atoms with Crippen molar-refractivity contribution in [2.45, 2.75) is 6.92 Å². The van der Waals surface area contributed by atoms with Crippen molar-refractivity contribution in [2.24, 2.45) is 5.84 Å². The molecule has 1 aliphatic rings. The van der Waals surface area contributed by atoms with Gasteiger partial charge in [0.1, 0.15) is 5.82 Å². The van der Waals surface area contributed by atoms with Gasteiger partial charge in [-0.15, -0.1) is 0 Å². The number of nitrogens with two attached hydrogens (primary N) is 1. The molecule has 0 spiro atoms. The fourth-order valence-corrected chi connectivity index (χ4v) is 1.60. The van der Waals surface area contributed by atoms with Gasteiger partial charge in [0.2, 0.25) is 5.95 Å². The highest BCUT2D eigenvalue weighted by atomic mass is 16.5. The number of rotatable bonds is 2. The van der Waals surface area contributed by atoms with E-state index in [0.717, 1.165) is 37.7 Å². The van der Waals surface area contributed by atoms with E-state index in [9.17, 15) is 0 Å². The number of ether oxygens (including phenoxy) is 1. The number of aromatic nitrogens is 2. The highest BCUT2D eigenvalue weighted by Gasteiger charge is 2.15. The van der Waals surface area contributed by atoms with Gasteiger partial charge in [0.25, 0.3) is 0 Å². The van der Waals surface area contributed by atoms with E-state index in [0.29, 0.717) is 5.95 Å². The quantitative estimate of drug-likeness (QED) is 0.523. The Morgan fingerprint density at radius 1 is 1.47 bits per heavy atom. The first-order chi connectivity index (χ1) is 7.31. The summed E-state index contributed by atoms with van der Waals surface area (Å²) in [6.45, 7) is 5.21. The molecule has 0 unspecified atom stereocenters. The number of aryl methyl sites for hydroxylation is 1. The second-order valence-electron chi connectivity index (χ2n) is 3.44. The second kappa shape index (κ2) is 4.41. The Kier molecular flexibility index (Phi) is 2.98. The number of nitrogen functional groups attached to an aromatic ring is 1. The summed E-state index contributed by atoms with van der Waals surface area (Å²) in [6.07, 6.45) is 1.77. The lowest BCUT2D eigenvalue weighted by molar-refractivity contribution is 0.122. The molecule has 6 heteroatoms. The Labute approximate surface area is 88.4 Å². The van der Waals surface area contributed by atoms with Crippen molar-refractivity contribution in [3.05, 3.63) is 11.8 Å². The molecular formula is C9H15N5O. The maximum Gasteiger partial charge on any atom is 0.239 e. The smallest absolute Gasteiger partial charge is 0.239 e. The number of hydrazine groups is 1. The average molecular weight is 209 g/mol. The van der Waals surface area contributed by atoms with Gasteiger partial charge >= 0.3 is 0 Å². The monoisotopic (exact) mass is 209 g/mol. The zero-order valence-corrected chi connectivity index (χ0v) is 8.73. The number of hydrogen-bond acceptors (Lipinski definition) is 6. The third-order valence-corrected chi connectivity index (χ3v) is 2.38. The van der Waals surface area contributed by atoms with Crippen molar-refractivity contribution in [1.29, 1.82) is 0 Å². The number of morpholine rings is 1. The molecule has 3 N–H and O–H groups in total. The van der Waals surface area contributed by atoms with Crippen LogP contribution in [0.2, 0.25) is 0 Å². The van der Waals surface area contributed by atoms with Gasteiger partial charge in [0.15, 0.2) is 0 Å². The van der Waals surface area contributed by atoms with Gasteiger partial charge in [0, 0.05) is 24.8 Å². The summed E-state index contributed by atoms with van der Waals surface area (Å²) in [6, 6.07) is 0. The van der Waals surface area contributed by atoms with Crippen molar-refractivity contribution >= 4 is 11.8 Å². The van der Waals surface area contributed by atoms with Crippen LogP contribution in [0.15, 0.2) is 6.20 Å².